The molecular formula is C118H133BBr4IN13O10S2. The Labute approximate surface area is 937 Å². The van der Waals surface area contributed by atoms with Crippen molar-refractivity contribution in [3.63, 3.8) is 0 Å². The SMILES string of the molecule is BrCC1CCCCC1.C.I.N.N#Cc1cccc(B(O)O)c1.NC1=NC2(CC(c3ccccc3)Oc3ccc(Br)cc32)C(=O)N1CC1CCCCC1.O=C1N(CC2CCCCC2)C(SCC2CCCCC2)=NC12CC(c1ccccc1)Oc1ccc(Br)cc12.O=C1NC(=S)NC12CC(c1ccccc1)Oc1ccc(Br)cc12.[C-]#[N+]c1cccc(-c2ccc3c(c2)C2(CC(c4ccccc4)O3)N=C(N)N(CC3CCCCC3)C2=O)c1. The minimum atomic E-state index is -1.50. The lowest BCUT2D eigenvalue weighted by molar-refractivity contribution is -0.134. The fourth-order valence-electron chi connectivity index (χ4n) is 23.2. The number of thiocarbonyl (C=S) groups is 1. The van der Waals surface area contributed by atoms with Gasteiger partial charge in [-0.1, -0.05) is 337 Å². The number of rotatable bonds is 15. The average Bonchev–Trinajstić information content (AvgIpc) is 1.58. The molecule has 23 rings (SSSR count). The third-order valence-corrected chi connectivity index (χ3v) is 34.8. The van der Waals surface area contributed by atoms with Crippen LogP contribution in [0.3, 0.4) is 0 Å². The highest BCUT2D eigenvalue weighted by Gasteiger charge is 2.60. The van der Waals surface area contributed by atoms with Crippen molar-refractivity contribution < 1.29 is 48.2 Å². The van der Waals surface area contributed by atoms with E-state index in [4.69, 9.17) is 79.5 Å². The second-order valence-electron chi connectivity index (χ2n) is 40.8. The lowest BCUT2D eigenvalue weighted by Gasteiger charge is -2.38. The molecule has 23 nitrogen and oxygen atoms in total. The fraction of sp³-hybridized carbons (Fsp3) is 0.407. The summed E-state index contributed by atoms with van der Waals surface area (Å²) in [7, 11) is -1.50. The first-order chi connectivity index (χ1) is 71.0. The van der Waals surface area contributed by atoms with Crippen LogP contribution in [0.15, 0.2) is 271 Å². The van der Waals surface area contributed by atoms with E-state index in [2.05, 4.69) is 102 Å². The van der Waals surface area contributed by atoms with Crippen molar-refractivity contribution in [3.05, 3.63) is 318 Å². The van der Waals surface area contributed by atoms with Gasteiger partial charge in [0.05, 0.1) is 18.2 Å². The minimum Gasteiger partial charge on any atom is -0.485 e. The monoisotopic (exact) mass is 2410 g/mol. The molecule has 10 aromatic carbocycles. The number of nitrogens with two attached hydrogens (primary N) is 2. The second-order valence-corrected chi connectivity index (χ2v) is 45.5. The van der Waals surface area contributed by atoms with Gasteiger partial charge in [-0.15, -0.1) is 24.0 Å². The smallest absolute Gasteiger partial charge is 0.485 e. The van der Waals surface area contributed by atoms with E-state index in [1.54, 1.807) is 34.1 Å². The van der Waals surface area contributed by atoms with Crippen LogP contribution in [-0.4, -0.2) is 108 Å². The molecule has 0 radical (unpaired) electrons. The molecule has 5 saturated carbocycles. The standard InChI is InChI=1S/C31H37BrN2O2S.C31H30N4O2.C24H26BrN3O2.C17H13BrN2O2S.C7H6BNO2.C7H13Br.CH4.HI.H3N/c32-25-16-17-27-26(18-25)31(19-28(36-27)24-14-8-3-9-15-24)29(35)34(20-22-10-4-1-5-11-22)30(33-31)37-21-23-12-6-2-7-13-23;1-33-25-14-8-13-23(17-25)24-15-16-27-26(18-24)31(19-28(37-27)22-11-6-3-7-12-22)29(36)35(30(32)34-31)20-21-9-4-2-5-10-21;25-18-11-12-20-19(13-18)24(14-21(30-20)17-9-5-2-6-10-17)22(29)28(23(26)27-24)15-16-7-3-1-4-8-16;18-11-6-7-13-12(8-11)17(15(21)19-16(23)20-17)9-14(22-13)10-4-2-1-3-5-10;9-5-6-2-1-3-7(4-6)8(10)11;8-6-7-4-2-1-3-5-7;;;/h3,8-9,14-18,22-23,28H,1-2,4-7,10-13,19-21H2;3,6-8,11-18,21,28H,2,4-5,9-10,19-20H2,(H2,32,34);2,5-6,9-13,16,21H,1,3-4,7-8,14-15H2,(H2,26,27);1-8,14H,9H2,(H2,19,20,21,23);1-4,10-11H;7H,1-6H2;1H4;1H;1H3. The van der Waals surface area contributed by atoms with E-state index in [-0.39, 0.29) is 85.6 Å². The Hall–Kier alpha value is -10.3. The zero-order valence-corrected chi connectivity index (χ0v) is 93.6. The Morgan fingerprint density at radius 2 is 0.812 bits per heavy atom. The number of fused-ring (bicyclic) bond motifs is 8. The average molecular weight is 2410 g/mol. The predicted octanol–water partition coefficient (Wildman–Crippen LogP) is 26.3. The number of amides is 4. The quantitative estimate of drug-likeness (QED) is 0.0165. The highest BCUT2D eigenvalue weighted by Crippen LogP contribution is 2.57. The number of guanidine groups is 2. The summed E-state index contributed by atoms with van der Waals surface area (Å²) in [6.45, 7) is 9.47. The van der Waals surface area contributed by atoms with Gasteiger partial charge in [-0.05, 0) is 230 Å². The lowest BCUT2D eigenvalue weighted by atomic mass is 9.79. The summed E-state index contributed by atoms with van der Waals surface area (Å²) >= 11 is 21.2. The Morgan fingerprint density at radius 1 is 0.450 bits per heavy atom. The van der Waals surface area contributed by atoms with Crippen LogP contribution in [0.1, 0.15) is 268 Å². The van der Waals surface area contributed by atoms with E-state index in [0.29, 0.717) is 108 Å². The van der Waals surface area contributed by atoms with Crippen molar-refractivity contribution >= 4 is 176 Å². The molecule has 1 saturated heterocycles. The molecule has 31 heteroatoms. The Balaban J connectivity index is 0.000000140. The molecule has 4 spiro atoms. The summed E-state index contributed by atoms with van der Waals surface area (Å²) in [5.41, 5.74) is 19.5. The molecule has 8 aliphatic heterocycles. The van der Waals surface area contributed by atoms with Gasteiger partial charge >= 0.3 is 7.12 Å². The summed E-state index contributed by atoms with van der Waals surface area (Å²) in [5.74, 6) is 7.71. The van der Waals surface area contributed by atoms with Gasteiger partial charge in [-0.3, -0.25) is 33.9 Å². The number of hydrogen-bond donors (Lipinski definition) is 7. The van der Waals surface area contributed by atoms with Crippen LogP contribution in [0.4, 0.5) is 5.69 Å². The zero-order valence-electron chi connectivity index (χ0n) is 83.2. The molecule has 149 heavy (non-hydrogen) atoms. The maximum Gasteiger partial charge on any atom is 0.488 e. The van der Waals surface area contributed by atoms with E-state index in [0.717, 1.165) is 130 Å². The number of alkyl halides is 1. The number of thioether (sulfide) groups is 1. The number of carbonyl (C=O) groups excluding carboxylic acids is 4. The van der Waals surface area contributed by atoms with Gasteiger partial charge in [0.25, 0.3) is 23.6 Å². The lowest BCUT2D eigenvalue weighted by Crippen LogP contribution is -2.48. The van der Waals surface area contributed by atoms with Crippen LogP contribution in [0.2, 0.25) is 0 Å². The molecule has 8 heterocycles. The number of aliphatic imine (C=N–C) groups is 3. The van der Waals surface area contributed by atoms with E-state index in [1.807, 2.05) is 212 Å². The molecule has 6 fully saturated rings. The van der Waals surface area contributed by atoms with Crippen LogP contribution in [0.5, 0.6) is 23.0 Å². The molecule has 11 N–H and O–H groups in total. The van der Waals surface area contributed by atoms with Crippen molar-refractivity contribution in [1.82, 2.24) is 31.5 Å². The van der Waals surface area contributed by atoms with Gasteiger partial charge in [0.1, 0.15) is 47.4 Å². The number of nitriles is 1. The zero-order chi connectivity index (χ0) is 101. The molecular weight excluding hydrogens is 2280 g/mol. The largest absolute Gasteiger partial charge is 0.488 e. The Bertz CT molecular complexity index is 6530. The number of halogens is 5. The number of benzene rings is 10. The summed E-state index contributed by atoms with van der Waals surface area (Å²) in [4.78, 5) is 79.7. The molecule has 4 amide bonds. The summed E-state index contributed by atoms with van der Waals surface area (Å²) in [5, 5.41) is 34.2. The highest BCUT2D eigenvalue weighted by atomic mass is 127. The predicted molar refractivity (Wildman–Crippen MR) is 622 cm³/mol. The number of nitrogens with one attached hydrogen (secondary N) is 2. The maximum absolute atomic E-state index is 14.6. The molecule has 8 atom stereocenters. The van der Waals surface area contributed by atoms with Gasteiger partial charge < -0.3 is 57.2 Å². The van der Waals surface area contributed by atoms with Crippen molar-refractivity contribution in [2.45, 2.75) is 240 Å². The fourth-order valence-corrected chi connectivity index (χ4v) is 26.4. The van der Waals surface area contributed by atoms with E-state index in [9.17, 15) is 19.2 Å². The number of nitrogens with zero attached hydrogens (tertiary/aromatic N) is 8. The second kappa shape index (κ2) is 51.9. The molecule has 5 aliphatic carbocycles. The minimum absolute atomic E-state index is 0. The van der Waals surface area contributed by atoms with Gasteiger partial charge in [-0.2, -0.15) is 5.26 Å². The first-order valence-electron chi connectivity index (χ1n) is 51.9. The van der Waals surface area contributed by atoms with Gasteiger partial charge in [0, 0.05) is 92.1 Å². The van der Waals surface area contributed by atoms with Crippen LogP contribution in [-0.2, 0) is 41.3 Å². The van der Waals surface area contributed by atoms with Crippen molar-refractivity contribution in [3.8, 4) is 40.2 Å². The number of ether oxygens (including phenoxy) is 4. The van der Waals surface area contributed by atoms with Crippen molar-refractivity contribution in [1.29, 1.82) is 5.26 Å². The molecule has 0 aromatic heterocycles. The maximum atomic E-state index is 14.6. The van der Waals surface area contributed by atoms with Crippen LogP contribution in [0, 0.1) is 47.5 Å². The topological polar surface area (TPSA) is 332 Å². The van der Waals surface area contributed by atoms with Gasteiger partial charge in [0.15, 0.2) is 50.0 Å². The third-order valence-electron chi connectivity index (χ3n) is 31.0. The number of hydrogen-bond acceptors (Lipinski definition) is 19. The molecule has 13 aliphatic rings. The summed E-state index contributed by atoms with van der Waals surface area (Å²) < 4.78 is 28.2. The third kappa shape index (κ3) is 25.9. The number of carbonyl (C=O) groups is 4. The van der Waals surface area contributed by atoms with Crippen molar-refractivity contribution in [2.75, 3.05) is 30.7 Å². The van der Waals surface area contributed by atoms with Crippen LogP contribution < -0.4 is 52.7 Å². The highest BCUT2D eigenvalue weighted by molar-refractivity contribution is 14.0. The van der Waals surface area contributed by atoms with Crippen molar-refractivity contribution in [2.24, 2.45) is 56.0 Å². The molecule has 780 valence electrons. The van der Waals surface area contributed by atoms with Crippen LogP contribution in [0.25, 0.3) is 16.0 Å². The van der Waals surface area contributed by atoms with E-state index in [1.165, 1.54) is 146 Å². The first-order valence-corrected chi connectivity index (χ1v) is 56.7. The molecule has 8 unspecified atom stereocenters. The Morgan fingerprint density at radius 3 is 1.21 bits per heavy atom. The normalized spacial score (nSPS) is 23.6. The van der Waals surface area contributed by atoms with Gasteiger partial charge in [-0.25, -0.2) is 19.8 Å². The Kier molecular flexibility index (Phi) is 39.3. The summed E-state index contributed by atoms with van der Waals surface area (Å²) in [6.07, 6.45) is 33.1. The number of amidine groups is 1. The van der Waals surface area contributed by atoms with Gasteiger partial charge in [0.2, 0.25) is 0 Å². The molecule has 10 aromatic rings. The van der Waals surface area contributed by atoms with E-state index >= 15 is 0 Å². The molecule has 0 bridgehead atoms. The first kappa shape index (κ1) is 113. The van der Waals surface area contributed by atoms with Crippen LogP contribution >= 0.6 is 112 Å². The van der Waals surface area contributed by atoms with E-state index < -0.39 is 29.3 Å². The summed E-state index contributed by atoms with van der Waals surface area (Å²) in [6, 6.07) is 79.3.